The van der Waals surface area contributed by atoms with Crippen molar-refractivity contribution in [3.63, 3.8) is 0 Å². The third-order valence-corrected chi connectivity index (χ3v) is 4.20. The fourth-order valence-electron chi connectivity index (χ4n) is 3.04. The van der Waals surface area contributed by atoms with Crippen LogP contribution in [-0.4, -0.2) is 16.1 Å². The highest BCUT2D eigenvalue weighted by atomic mass is 15.1. The fourth-order valence-corrected chi connectivity index (χ4v) is 3.04. The number of aryl methyl sites for hydroxylation is 2. The second-order valence-corrected chi connectivity index (χ2v) is 5.51. The van der Waals surface area contributed by atoms with E-state index in [1.54, 1.807) is 0 Å². The van der Waals surface area contributed by atoms with Crippen molar-refractivity contribution in [2.45, 2.75) is 58.0 Å². The van der Waals surface area contributed by atoms with Gasteiger partial charge in [0.25, 0.3) is 0 Å². The summed E-state index contributed by atoms with van der Waals surface area (Å²) in [5, 5.41) is 3.71. The van der Waals surface area contributed by atoms with Crippen LogP contribution in [0.1, 0.15) is 56.6 Å². The molecule has 1 N–H and O–H groups in total. The minimum absolute atomic E-state index is 0.525. The first kappa shape index (κ1) is 11.3. The summed E-state index contributed by atoms with van der Waals surface area (Å²) in [6.45, 7) is 4.52. The molecular weight excluding hydrogens is 210 g/mol. The molecule has 94 valence electrons. The highest BCUT2D eigenvalue weighted by molar-refractivity contribution is 5.11. The summed E-state index contributed by atoms with van der Waals surface area (Å²) >= 11 is 0. The molecule has 0 amide bonds. The number of hydrogen-bond donors (Lipinski definition) is 1. The van der Waals surface area contributed by atoms with Crippen LogP contribution in [0.25, 0.3) is 0 Å². The standard InChI is InChI=1S/C14H23N3/c1-2-5-12-10-17-9-4-8-15-13(14(17)16-12)11-6-3-7-11/h10-11,13,15H,2-9H2,1H3. The van der Waals surface area contributed by atoms with E-state index in [0.29, 0.717) is 6.04 Å². The molecule has 1 aromatic heterocycles. The van der Waals surface area contributed by atoms with Crippen LogP contribution < -0.4 is 5.32 Å². The van der Waals surface area contributed by atoms with Gasteiger partial charge in [0.1, 0.15) is 5.82 Å². The predicted octanol–water partition coefficient (Wildman–Crippen LogP) is 2.67. The van der Waals surface area contributed by atoms with E-state index in [-0.39, 0.29) is 0 Å². The molecule has 0 spiro atoms. The van der Waals surface area contributed by atoms with Crippen LogP contribution in [0.5, 0.6) is 0 Å². The third-order valence-electron chi connectivity index (χ3n) is 4.20. The molecule has 2 aliphatic rings. The topological polar surface area (TPSA) is 29.9 Å². The lowest BCUT2D eigenvalue weighted by Gasteiger charge is -2.33. The predicted molar refractivity (Wildman–Crippen MR) is 68.9 cm³/mol. The van der Waals surface area contributed by atoms with Crippen LogP contribution >= 0.6 is 0 Å². The minimum atomic E-state index is 0.525. The first-order valence-electron chi connectivity index (χ1n) is 7.18. The van der Waals surface area contributed by atoms with Gasteiger partial charge in [0.2, 0.25) is 0 Å². The Morgan fingerprint density at radius 2 is 2.29 bits per heavy atom. The van der Waals surface area contributed by atoms with Crippen molar-refractivity contribution in [3.8, 4) is 0 Å². The second-order valence-electron chi connectivity index (χ2n) is 5.51. The highest BCUT2D eigenvalue weighted by Crippen LogP contribution is 2.38. The van der Waals surface area contributed by atoms with Gasteiger partial charge in [-0.15, -0.1) is 0 Å². The molecule has 0 aromatic carbocycles. The van der Waals surface area contributed by atoms with Gasteiger partial charge in [0.05, 0.1) is 11.7 Å². The molecule has 2 heterocycles. The minimum Gasteiger partial charge on any atom is -0.333 e. The third kappa shape index (κ3) is 2.13. The Balaban J connectivity index is 1.87. The molecule has 1 atom stereocenters. The van der Waals surface area contributed by atoms with Crippen molar-refractivity contribution in [1.29, 1.82) is 0 Å². The molecule has 17 heavy (non-hydrogen) atoms. The Labute approximate surface area is 104 Å². The lowest BCUT2D eigenvalue weighted by atomic mass is 9.79. The zero-order valence-electron chi connectivity index (χ0n) is 10.8. The Morgan fingerprint density at radius 3 is 3.00 bits per heavy atom. The van der Waals surface area contributed by atoms with Crippen LogP contribution in [0.2, 0.25) is 0 Å². The van der Waals surface area contributed by atoms with E-state index in [2.05, 4.69) is 23.0 Å². The summed E-state index contributed by atoms with van der Waals surface area (Å²) in [5.74, 6) is 2.15. The molecule has 1 aliphatic carbocycles. The molecule has 1 saturated carbocycles. The van der Waals surface area contributed by atoms with Gasteiger partial charge in [-0.2, -0.15) is 0 Å². The van der Waals surface area contributed by atoms with E-state index < -0.39 is 0 Å². The molecule has 0 radical (unpaired) electrons. The summed E-state index contributed by atoms with van der Waals surface area (Å²) in [6.07, 6.45) is 10.0. The van der Waals surface area contributed by atoms with Gasteiger partial charge in [0, 0.05) is 12.7 Å². The zero-order chi connectivity index (χ0) is 11.7. The lowest BCUT2D eigenvalue weighted by molar-refractivity contribution is 0.226. The average molecular weight is 233 g/mol. The summed E-state index contributed by atoms with van der Waals surface area (Å²) in [5.41, 5.74) is 1.29. The monoisotopic (exact) mass is 233 g/mol. The first-order chi connectivity index (χ1) is 8.38. The number of hydrogen-bond acceptors (Lipinski definition) is 2. The molecule has 3 nitrogen and oxygen atoms in total. The van der Waals surface area contributed by atoms with Crippen LogP contribution in [-0.2, 0) is 13.0 Å². The van der Waals surface area contributed by atoms with E-state index in [9.17, 15) is 0 Å². The van der Waals surface area contributed by atoms with E-state index in [1.165, 1.54) is 43.6 Å². The molecule has 1 fully saturated rings. The molecule has 3 heteroatoms. The highest BCUT2D eigenvalue weighted by Gasteiger charge is 2.32. The molecule has 1 aromatic rings. The Hall–Kier alpha value is -0.830. The van der Waals surface area contributed by atoms with E-state index in [0.717, 1.165) is 25.4 Å². The van der Waals surface area contributed by atoms with Crippen LogP contribution in [0, 0.1) is 5.92 Å². The number of nitrogens with zero attached hydrogens (tertiary/aromatic N) is 2. The summed E-state index contributed by atoms with van der Waals surface area (Å²) < 4.78 is 2.41. The molecule has 1 unspecified atom stereocenters. The molecule has 3 rings (SSSR count). The maximum Gasteiger partial charge on any atom is 0.126 e. The van der Waals surface area contributed by atoms with E-state index in [1.807, 2.05) is 0 Å². The van der Waals surface area contributed by atoms with Gasteiger partial charge in [-0.05, 0) is 38.1 Å². The van der Waals surface area contributed by atoms with Crippen molar-refractivity contribution in [3.05, 3.63) is 17.7 Å². The van der Waals surface area contributed by atoms with Gasteiger partial charge in [-0.3, -0.25) is 0 Å². The fraction of sp³-hybridized carbons (Fsp3) is 0.786. The maximum absolute atomic E-state index is 4.89. The summed E-state index contributed by atoms with van der Waals surface area (Å²) in [4.78, 5) is 4.89. The summed E-state index contributed by atoms with van der Waals surface area (Å²) in [7, 11) is 0. The van der Waals surface area contributed by atoms with Crippen LogP contribution in [0.3, 0.4) is 0 Å². The average Bonchev–Trinajstić information content (AvgIpc) is 2.55. The molecule has 1 aliphatic heterocycles. The number of rotatable bonds is 3. The summed E-state index contributed by atoms with van der Waals surface area (Å²) in [6, 6.07) is 0.525. The second kappa shape index (κ2) is 4.81. The van der Waals surface area contributed by atoms with Crippen molar-refractivity contribution in [2.75, 3.05) is 6.54 Å². The van der Waals surface area contributed by atoms with Gasteiger partial charge < -0.3 is 9.88 Å². The van der Waals surface area contributed by atoms with Crippen molar-refractivity contribution in [1.82, 2.24) is 14.9 Å². The van der Waals surface area contributed by atoms with Crippen molar-refractivity contribution >= 4 is 0 Å². The quantitative estimate of drug-likeness (QED) is 0.870. The van der Waals surface area contributed by atoms with E-state index in [4.69, 9.17) is 4.98 Å². The molecule has 0 bridgehead atoms. The van der Waals surface area contributed by atoms with Gasteiger partial charge in [-0.1, -0.05) is 19.8 Å². The first-order valence-corrected chi connectivity index (χ1v) is 7.18. The van der Waals surface area contributed by atoms with Crippen molar-refractivity contribution in [2.24, 2.45) is 5.92 Å². The van der Waals surface area contributed by atoms with Crippen LogP contribution in [0.4, 0.5) is 0 Å². The van der Waals surface area contributed by atoms with Crippen LogP contribution in [0.15, 0.2) is 6.20 Å². The number of imidazole rings is 1. The Bertz CT molecular complexity index is 379. The zero-order valence-corrected chi connectivity index (χ0v) is 10.8. The number of fused-ring (bicyclic) bond motifs is 1. The number of nitrogens with one attached hydrogen (secondary N) is 1. The largest absolute Gasteiger partial charge is 0.333 e. The molecular formula is C14H23N3. The van der Waals surface area contributed by atoms with E-state index >= 15 is 0 Å². The van der Waals surface area contributed by atoms with Gasteiger partial charge in [0.15, 0.2) is 0 Å². The Kier molecular flexibility index (Phi) is 3.19. The Morgan fingerprint density at radius 1 is 1.41 bits per heavy atom. The van der Waals surface area contributed by atoms with Gasteiger partial charge >= 0.3 is 0 Å². The van der Waals surface area contributed by atoms with Gasteiger partial charge in [-0.25, -0.2) is 4.98 Å². The molecule has 0 saturated heterocycles. The lowest BCUT2D eigenvalue weighted by Crippen LogP contribution is -2.32. The maximum atomic E-state index is 4.89. The normalized spacial score (nSPS) is 25.1. The smallest absolute Gasteiger partial charge is 0.126 e. The SMILES string of the molecule is CCCc1cn2c(n1)C(C1CCC1)NCCC2. The van der Waals surface area contributed by atoms with Crippen molar-refractivity contribution < 1.29 is 0 Å². The number of aromatic nitrogens is 2.